The molecular formula is C52H104N2O6P+. The van der Waals surface area contributed by atoms with E-state index in [0.29, 0.717) is 17.4 Å². The fraction of sp³-hybridized carbons (Fsp3) is 0.904. The molecule has 0 aliphatic heterocycles. The van der Waals surface area contributed by atoms with Crippen LogP contribution in [-0.4, -0.2) is 73.4 Å². The number of hydrogen-bond donors (Lipinski definition) is 3. The molecular weight excluding hydrogens is 780 g/mol. The van der Waals surface area contributed by atoms with Crippen molar-refractivity contribution >= 4 is 13.7 Å². The number of phosphoric acid groups is 1. The van der Waals surface area contributed by atoms with Gasteiger partial charge in [0.15, 0.2) is 0 Å². The van der Waals surface area contributed by atoms with Crippen molar-refractivity contribution in [3.63, 3.8) is 0 Å². The van der Waals surface area contributed by atoms with Gasteiger partial charge in [0, 0.05) is 6.42 Å². The number of likely N-dealkylation sites (N-methyl/N-ethyl adjacent to an activating group) is 1. The van der Waals surface area contributed by atoms with Crippen molar-refractivity contribution in [3.05, 3.63) is 24.3 Å². The van der Waals surface area contributed by atoms with Crippen LogP contribution in [0, 0.1) is 0 Å². The lowest BCUT2D eigenvalue weighted by Crippen LogP contribution is -2.45. The fourth-order valence-electron chi connectivity index (χ4n) is 7.74. The lowest BCUT2D eigenvalue weighted by atomic mass is 10.0. The molecule has 0 rings (SSSR count). The number of nitrogens with zero attached hydrogens (tertiary/aromatic N) is 1. The monoisotopic (exact) mass is 884 g/mol. The number of unbranched alkanes of at least 4 members (excludes halogenated alkanes) is 33. The molecule has 0 heterocycles. The summed E-state index contributed by atoms with van der Waals surface area (Å²) < 4.78 is 23.7. The van der Waals surface area contributed by atoms with E-state index in [0.717, 1.165) is 38.5 Å². The Morgan fingerprint density at radius 3 is 1.26 bits per heavy atom. The molecule has 362 valence electrons. The molecule has 0 spiro atoms. The van der Waals surface area contributed by atoms with Gasteiger partial charge in [-0.3, -0.25) is 13.8 Å². The van der Waals surface area contributed by atoms with Gasteiger partial charge in [-0.1, -0.05) is 224 Å². The molecule has 0 saturated carbocycles. The molecule has 8 nitrogen and oxygen atoms in total. The zero-order valence-corrected chi connectivity index (χ0v) is 42.1. The number of phosphoric ester groups is 1. The van der Waals surface area contributed by atoms with Gasteiger partial charge in [-0.2, -0.15) is 0 Å². The van der Waals surface area contributed by atoms with Crippen molar-refractivity contribution in [1.82, 2.24) is 5.32 Å². The standard InChI is InChI=1S/C52H103N2O6P/c1-6-8-10-12-14-16-18-20-22-24-26-27-28-29-31-33-35-37-39-41-43-45-51(55)50(49-60-61(57,58)59-48-47-54(3,4)5)53-52(56)46-44-42-40-38-36-34-32-30-25-23-21-19-17-15-13-11-9-7-2/h23,25,43,45,50-51,55H,6-22,24,26-42,44,46-49H2,1-5H3,(H-,53,56,57,58)/p+1/b25-23-,45-43+. The predicted molar refractivity (Wildman–Crippen MR) is 263 cm³/mol. The second-order valence-corrected chi connectivity index (χ2v) is 20.7. The van der Waals surface area contributed by atoms with Crippen molar-refractivity contribution in [2.24, 2.45) is 0 Å². The molecule has 61 heavy (non-hydrogen) atoms. The van der Waals surface area contributed by atoms with Gasteiger partial charge in [0.2, 0.25) is 5.91 Å². The van der Waals surface area contributed by atoms with E-state index in [2.05, 4.69) is 31.3 Å². The molecule has 0 radical (unpaired) electrons. The average molecular weight is 884 g/mol. The van der Waals surface area contributed by atoms with E-state index in [4.69, 9.17) is 9.05 Å². The van der Waals surface area contributed by atoms with E-state index in [-0.39, 0.29) is 19.1 Å². The lowest BCUT2D eigenvalue weighted by molar-refractivity contribution is -0.870. The maximum absolute atomic E-state index is 12.9. The zero-order chi connectivity index (χ0) is 45.0. The molecule has 0 aromatic heterocycles. The van der Waals surface area contributed by atoms with Crippen molar-refractivity contribution < 1.29 is 32.9 Å². The normalized spacial score (nSPS) is 14.3. The van der Waals surface area contributed by atoms with E-state index in [9.17, 15) is 19.4 Å². The summed E-state index contributed by atoms with van der Waals surface area (Å²) in [7, 11) is 1.58. The molecule has 0 bridgehead atoms. The van der Waals surface area contributed by atoms with Crippen LogP contribution >= 0.6 is 7.82 Å². The Labute approximate surface area is 379 Å². The van der Waals surface area contributed by atoms with Crippen molar-refractivity contribution in [3.8, 4) is 0 Å². The summed E-state index contributed by atoms with van der Waals surface area (Å²) in [5.74, 6) is -0.179. The minimum Gasteiger partial charge on any atom is -0.387 e. The highest BCUT2D eigenvalue weighted by Gasteiger charge is 2.27. The zero-order valence-electron chi connectivity index (χ0n) is 41.2. The number of rotatable bonds is 48. The summed E-state index contributed by atoms with van der Waals surface area (Å²) in [5.41, 5.74) is 0. The third-order valence-corrected chi connectivity index (χ3v) is 12.9. The van der Waals surface area contributed by atoms with Crippen LogP contribution < -0.4 is 5.32 Å². The van der Waals surface area contributed by atoms with Crippen LogP contribution in [0.15, 0.2) is 24.3 Å². The molecule has 0 fully saturated rings. The average Bonchev–Trinajstić information content (AvgIpc) is 3.21. The summed E-state index contributed by atoms with van der Waals surface area (Å²) in [4.78, 5) is 23.2. The van der Waals surface area contributed by atoms with E-state index in [1.165, 1.54) is 193 Å². The van der Waals surface area contributed by atoms with Crippen LogP contribution in [0.4, 0.5) is 0 Å². The molecule has 1 amide bonds. The van der Waals surface area contributed by atoms with E-state index >= 15 is 0 Å². The van der Waals surface area contributed by atoms with Gasteiger partial charge in [-0.15, -0.1) is 0 Å². The highest BCUT2D eigenvalue weighted by Crippen LogP contribution is 2.43. The number of allylic oxidation sites excluding steroid dienone is 3. The molecule has 3 unspecified atom stereocenters. The maximum atomic E-state index is 12.9. The summed E-state index contributed by atoms with van der Waals surface area (Å²) in [6.45, 7) is 4.84. The number of carbonyl (C=O) groups excluding carboxylic acids is 1. The topological polar surface area (TPSA) is 105 Å². The summed E-state index contributed by atoms with van der Waals surface area (Å²) in [5, 5.41) is 13.9. The number of hydrogen-bond acceptors (Lipinski definition) is 5. The first-order chi connectivity index (χ1) is 29.5. The minimum absolute atomic E-state index is 0.0621. The largest absolute Gasteiger partial charge is 0.472 e. The molecule has 3 atom stereocenters. The van der Waals surface area contributed by atoms with E-state index < -0.39 is 20.0 Å². The van der Waals surface area contributed by atoms with Gasteiger partial charge >= 0.3 is 7.82 Å². The Hall–Kier alpha value is -1.02. The number of aliphatic hydroxyl groups excluding tert-OH is 1. The Bertz CT molecular complexity index is 1050. The molecule has 0 aliphatic carbocycles. The van der Waals surface area contributed by atoms with Gasteiger partial charge in [0.1, 0.15) is 13.2 Å². The van der Waals surface area contributed by atoms with Crippen LogP contribution in [0.2, 0.25) is 0 Å². The smallest absolute Gasteiger partial charge is 0.387 e. The summed E-state index contributed by atoms with van der Waals surface area (Å²) in [6.07, 6.45) is 54.0. The van der Waals surface area contributed by atoms with Gasteiger partial charge < -0.3 is 19.8 Å². The lowest BCUT2D eigenvalue weighted by Gasteiger charge is -2.25. The minimum atomic E-state index is -4.34. The SMILES string of the molecule is CCCCCCCCC/C=C\CCCCCCCCCC(=O)NC(COP(=O)(O)OCC[N+](C)(C)C)C(O)/C=C/CCCCCCCCCCCCCCCCCCCCC. The molecule has 0 aromatic carbocycles. The highest BCUT2D eigenvalue weighted by molar-refractivity contribution is 7.47. The molecule has 9 heteroatoms. The summed E-state index contributed by atoms with van der Waals surface area (Å²) >= 11 is 0. The van der Waals surface area contributed by atoms with Gasteiger partial charge in [0.05, 0.1) is 39.9 Å². The van der Waals surface area contributed by atoms with Gasteiger partial charge in [0.25, 0.3) is 0 Å². The first-order valence-corrected chi connectivity index (χ1v) is 27.7. The first-order valence-electron chi connectivity index (χ1n) is 26.2. The maximum Gasteiger partial charge on any atom is 0.472 e. The van der Waals surface area contributed by atoms with Crippen LogP contribution in [0.3, 0.4) is 0 Å². The number of carbonyl (C=O) groups is 1. The van der Waals surface area contributed by atoms with Crippen molar-refractivity contribution in [1.29, 1.82) is 0 Å². The quantitative estimate of drug-likeness (QED) is 0.0243. The Kier molecular flexibility index (Phi) is 43.5. The van der Waals surface area contributed by atoms with Crippen molar-refractivity contribution in [2.45, 2.75) is 264 Å². The van der Waals surface area contributed by atoms with Crippen LogP contribution in [0.25, 0.3) is 0 Å². The van der Waals surface area contributed by atoms with Crippen LogP contribution in [0.1, 0.15) is 251 Å². The van der Waals surface area contributed by atoms with Crippen molar-refractivity contribution in [2.75, 3.05) is 40.9 Å². The van der Waals surface area contributed by atoms with Gasteiger partial charge in [-0.25, -0.2) is 4.57 Å². The Morgan fingerprint density at radius 2 is 0.885 bits per heavy atom. The molecule has 0 saturated heterocycles. The van der Waals surface area contributed by atoms with Crippen LogP contribution in [-0.2, 0) is 18.4 Å². The first kappa shape index (κ1) is 60.0. The second kappa shape index (κ2) is 44.2. The highest BCUT2D eigenvalue weighted by atomic mass is 31.2. The number of nitrogens with one attached hydrogen (secondary N) is 1. The molecule has 0 aliphatic rings. The Morgan fingerprint density at radius 1 is 0.541 bits per heavy atom. The van der Waals surface area contributed by atoms with E-state index in [1.54, 1.807) is 6.08 Å². The molecule has 0 aromatic rings. The van der Waals surface area contributed by atoms with Gasteiger partial charge in [-0.05, 0) is 44.9 Å². The third-order valence-electron chi connectivity index (χ3n) is 11.9. The second-order valence-electron chi connectivity index (χ2n) is 19.3. The fourth-order valence-corrected chi connectivity index (χ4v) is 8.48. The van der Waals surface area contributed by atoms with Crippen LogP contribution in [0.5, 0.6) is 0 Å². The third kappa shape index (κ3) is 46.8. The predicted octanol–water partition coefficient (Wildman–Crippen LogP) is 15.3. The Balaban J connectivity index is 4.29. The number of aliphatic hydroxyl groups is 1. The number of amides is 1. The number of quaternary nitrogens is 1. The van der Waals surface area contributed by atoms with E-state index in [1.807, 2.05) is 27.2 Å². The summed E-state index contributed by atoms with van der Waals surface area (Å²) in [6, 6.07) is -0.846. The molecule has 3 N–H and O–H groups in total.